The minimum atomic E-state index is -0.992. The average Bonchev–Trinajstić information content (AvgIpc) is 3.14. The van der Waals surface area contributed by atoms with Crippen molar-refractivity contribution in [2.24, 2.45) is 5.92 Å². The van der Waals surface area contributed by atoms with Gasteiger partial charge in [0, 0.05) is 18.9 Å². The van der Waals surface area contributed by atoms with Crippen molar-refractivity contribution < 1.29 is 14.7 Å². The molecule has 6 heteroatoms. The van der Waals surface area contributed by atoms with Crippen LogP contribution in [0.5, 0.6) is 0 Å². The number of carbonyl (C=O) groups is 2. The molecule has 6 nitrogen and oxygen atoms in total. The lowest BCUT2D eigenvalue weighted by Gasteiger charge is -2.32. The van der Waals surface area contributed by atoms with Gasteiger partial charge in [0.15, 0.2) is 0 Å². The Hall–Kier alpha value is -1.98. The van der Waals surface area contributed by atoms with Crippen LogP contribution in [0.1, 0.15) is 29.9 Å². The zero-order valence-electron chi connectivity index (χ0n) is 9.74. The van der Waals surface area contributed by atoms with Gasteiger partial charge in [-0.05, 0) is 31.2 Å². The van der Waals surface area contributed by atoms with Crippen molar-refractivity contribution in [3.63, 3.8) is 0 Å². The summed E-state index contributed by atoms with van der Waals surface area (Å²) in [6, 6.07) is 1.62. The monoisotopic (exact) mass is 247 g/mol. The van der Waals surface area contributed by atoms with Gasteiger partial charge in [-0.2, -0.15) is 0 Å². The summed E-state index contributed by atoms with van der Waals surface area (Å²) in [5.41, 5.74) is -0.992. The number of piperidine rings is 1. The predicted octanol–water partition coefficient (Wildman–Crippen LogP) is 0.556. The van der Waals surface area contributed by atoms with E-state index < -0.39 is 11.5 Å². The maximum Gasteiger partial charge on any atom is 0.329 e. The van der Waals surface area contributed by atoms with E-state index in [4.69, 9.17) is 0 Å². The number of amides is 1. The number of fused-ring (bicyclic) bond motifs is 1. The number of hydrogen-bond donors (Lipinski definition) is 1. The van der Waals surface area contributed by atoms with Gasteiger partial charge in [0.1, 0.15) is 5.54 Å². The highest BCUT2D eigenvalue weighted by Crippen LogP contribution is 2.54. The fourth-order valence-corrected chi connectivity index (χ4v) is 2.87. The molecule has 1 aromatic rings. The van der Waals surface area contributed by atoms with Gasteiger partial charge in [-0.3, -0.25) is 4.79 Å². The second kappa shape index (κ2) is 3.76. The molecule has 1 saturated heterocycles. The third-order valence-electron chi connectivity index (χ3n) is 3.86. The van der Waals surface area contributed by atoms with E-state index in [-0.39, 0.29) is 17.6 Å². The Morgan fingerprint density at radius 1 is 1.39 bits per heavy atom. The first-order valence-corrected chi connectivity index (χ1v) is 5.98. The van der Waals surface area contributed by atoms with Crippen LogP contribution in [0.3, 0.4) is 0 Å². The molecule has 2 heterocycles. The normalized spacial score (nSPS) is 29.6. The number of hydrogen-bond acceptors (Lipinski definition) is 4. The summed E-state index contributed by atoms with van der Waals surface area (Å²) in [7, 11) is 0. The van der Waals surface area contributed by atoms with Crippen LogP contribution >= 0.6 is 0 Å². The number of nitrogens with zero attached hydrogens (tertiary/aromatic N) is 3. The Labute approximate surface area is 104 Å². The number of aliphatic carboxylic acids is 1. The zero-order valence-corrected chi connectivity index (χ0v) is 9.74. The third kappa shape index (κ3) is 1.41. The Balaban J connectivity index is 1.92. The second-order valence-electron chi connectivity index (χ2n) is 4.80. The van der Waals surface area contributed by atoms with Gasteiger partial charge in [0.25, 0.3) is 5.91 Å². The maximum atomic E-state index is 12.3. The summed E-state index contributed by atoms with van der Waals surface area (Å²) in [4.78, 5) is 33.0. The fraction of sp³-hybridized carbons (Fsp3) is 0.500. The molecule has 0 radical (unpaired) electrons. The van der Waals surface area contributed by atoms with Gasteiger partial charge < -0.3 is 10.0 Å². The molecule has 0 spiro atoms. The Morgan fingerprint density at radius 2 is 2.11 bits per heavy atom. The number of carbonyl (C=O) groups excluding carboxylic acids is 1. The lowest BCUT2D eigenvalue weighted by molar-refractivity contribution is -0.145. The average molecular weight is 247 g/mol. The number of aromatic nitrogens is 2. The molecular weight excluding hydrogens is 234 g/mol. The van der Waals surface area contributed by atoms with Crippen molar-refractivity contribution in [2.75, 3.05) is 6.54 Å². The maximum absolute atomic E-state index is 12.3. The molecule has 3 rings (SSSR count). The van der Waals surface area contributed by atoms with Crippen LogP contribution in [0.25, 0.3) is 0 Å². The van der Waals surface area contributed by atoms with E-state index in [1.807, 2.05) is 0 Å². The summed E-state index contributed by atoms with van der Waals surface area (Å²) >= 11 is 0. The van der Waals surface area contributed by atoms with Crippen LogP contribution in [-0.4, -0.2) is 43.9 Å². The summed E-state index contributed by atoms with van der Waals surface area (Å²) in [6.07, 6.45) is 5.26. The number of rotatable bonds is 2. The summed E-state index contributed by atoms with van der Waals surface area (Å²) in [5, 5.41) is 9.37. The second-order valence-corrected chi connectivity index (χ2v) is 4.80. The highest BCUT2D eigenvalue weighted by molar-refractivity contribution is 5.97. The summed E-state index contributed by atoms with van der Waals surface area (Å²) < 4.78 is 0. The van der Waals surface area contributed by atoms with Crippen LogP contribution in [0, 0.1) is 5.92 Å². The quantitative estimate of drug-likeness (QED) is 0.825. The number of carboxylic acids is 1. The Kier molecular flexibility index (Phi) is 2.33. The van der Waals surface area contributed by atoms with Crippen molar-refractivity contribution in [1.29, 1.82) is 0 Å². The number of likely N-dealkylation sites (tertiary alicyclic amines) is 1. The van der Waals surface area contributed by atoms with Crippen LogP contribution in [0.2, 0.25) is 0 Å². The van der Waals surface area contributed by atoms with Gasteiger partial charge in [0.2, 0.25) is 5.82 Å². The van der Waals surface area contributed by atoms with Gasteiger partial charge in [-0.25, -0.2) is 14.8 Å². The molecule has 1 N–H and O–H groups in total. The first-order valence-electron chi connectivity index (χ1n) is 5.98. The van der Waals surface area contributed by atoms with E-state index in [0.717, 1.165) is 12.8 Å². The van der Waals surface area contributed by atoms with Crippen molar-refractivity contribution >= 4 is 11.9 Å². The predicted molar refractivity (Wildman–Crippen MR) is 60.8 cm³/mol. The molecule has 1 saturated carbocycles. The smallest absolute Gasteiger partial charge is 0.329 e. The highest BCUT2D eigenvalue weighted by Gasteiger charge is 2.67. The number of carboxylic acid groups (broad SMARTS) is 1. The van der Waals surface area contributed by atoms with Crippen LogP contribution in [0.4, 0.5) is 0 Å². The molecule has 18 heavy (non-hydrogen) atoms. The molecule has 1 amide bonds. The summed E-state index contributed by atoms with van der Waals surface area (Å²) in [5.74, 6) is -1.11. The molecule has 2 fully saturated rings. The zero-order chi connectivity index (χ0) is 12.8. The molecule has 0 aromatic carbocycles. The lowest BCUT2D eigenvalue weighted by Crippen LogP contribution is -2.51. The third-order valence-corrected chi connectivity index (χ3v) is 3.86. The van der Waals surface area contributed by atoms with Gasteiger partial charge >= 0.3 is 5.97 Å². The molecule has 2 atom stereocenters. The van der Waals surface area contributed by atoms with E-state index in [9.17, 15) is 14.7 Å². The topological polar surface area (TPSA) is 83.4 Å². The van der Waals surface area contributed by atoms with Crippen molar-refractivity contribution in [1.82, 2.24) is 14.9 Å². The van der Waals surface area contributed by atoms with E-state index in [2.05, 4.69) is 9.97 Å². The molecule has 0 unspecified atom stereocenters. The highest BCUT2D eigenvalue weighted by atomic mass is 16.4. The Morgan fingerprint density at radius 3 is 2.78 bits per heavy atom. The van der Waals surface area contributed by atoms with E-state index >= 15 is 0 Å². The fourth-order valence-electron chi connectivity index (χ4n) is 2.87. The minimum absolute atomic E-state index is 0.0747. The van der Waals surface area contributed by atoms with Gasteiger partial charge in [-0.15, -0.1) is 0 Å². The van der Waals surface area contributed by atoms with Crippen molar-refractivity contribution in [3.05, 3.63) is 24.3 Å². The van der Waals surface area contributed by atoms with E-state index in [0.29, 0.717) is 13.0 Å². The largest absolute Gasteiger partial charge is 0.479 e. The van der Waals surface area contributed by atoms with Crippen molar-refractivity contribution in [3.8, 4) is 0 Å². The first-order chi connectivity index (χ1) is 8.66. The SMILES string of the molecule is O=C(c1ncccn1)N1CCC[C@@H]2C[C@@]21C(=O)O. The molecule has 1 aliphatic heterocycles. The van der Waals surface area contributed by atoms with Gasteiger partial charge in [0.05, 0.1) is 0 Å². The lowest BCUT2D eigenvalue weighted by atomic mass is 10.0. The Bertz CT molecular complexity index is 505. The molecule has 1 aliphatic carbocycles. The van der Waals surface area contributed by atoms with Crippen LogP contribution in [-0.2, 0) is 4.79 Å². The molecule has 94 valence electrons. The molecule has 1 aromatic heterocycles. The van der Waals surface area contributed by atoms with Gasteiger partial charge in [-0.1, -0.05) is 0 Å². The van der Waals surface area contributed by atoms with Crippen LogP contribution < -0.4 is 0 Å². The van der Waals surface area contributed by atoms with Crippen LogP contribution in [0.15, 0.2) is 18.5 Å². The van der Waals surface area contributed by atoms with E-state index in [1.165, 1.54) is 17.3 Å². The minimum Gasteiger partial charge on any atom is -0.479 e. The molecular formula is C12H13N3O3. The van der Waals surface area contributed by atoms with Crippen molar-refractivity contribution in [2.45, 2.75) is 24.8 Å². The molecule has 0 bridgehead atoms. The first kappa shape index (κ1) is 11.1. The standard InChI is InChI=1S/C12H13N3O3/c16-10(9-13-4-2-5-14-9)15-6-1-3-8-7-12(8,15)11(17)18/h2,4-5,8H,1,3,6-7H2,(H,17,18)/t8-,12+/m1/s1. The van der Waals surface area contributed by atoms with E-state index in [1.54, 1.807) is 6.07 Å². The molecule has 2 aliphatic rings. The summed E-state index contributed by atoms with van der Waals surface area (Å²) in [6.45, 7) is 0.472.